The van der Waals surface area contributed by atoms with Crippen molar-refractivity contribution >= 4 is 71.8 Å². The Labute approximate surface area is 585 Å². The van der Waals surface area contributed by atoms with Gasteiger partial charge in [-0.15, -0.1) is 0 Å². The Morgan fingerprint density at radius 2 is 0.667 bits per heavy atom. The summed E-state index contributed by atoms with van der Waals surface area (Å²) in [5.41, 5.74) is 9.06. The van der Waals surface area contributed by atoms with Crippen LogP contribution in [0, 0.1) is 0 Å². The molecular formula is C71H118N6O22. The highest BCUT2D eigenvalue weighted by molar-refractivity contribution is 5.86. The van der Waals surface area contributed by atoms with Crippen molar-refractivity contribution in [2.24, 2.45) is 11.5 Å². The Balaban J connectivity index is -0.00000127. The lowest BCUT2D eigenvalue weighted by Gasteiger charge is -2.25. The molecule has 0 aliphatic heterocycles. The largest absolute Gasteiger partial charge is 0.481 e. The number of rotatable bonds is 29. The summed E-state index contributed by atoms with van der Waals surface area (Å²) in [5, 5.41) is 35.3. The lowest BCUT2D eigenvalue weighted by Crippen LogP contribution is -2.50. The summed E-state index contributed by atoms with van der Waals surface area (Å²) >= 11 is 0. The maximum atomic E-state index is 12.6. The molecule has 28 heteroatoms. The molecule has 0 aromatic heterocycles. The summed E-state index contributed by atoms with van der Waals surface area (Å²) in [4.78, 5) is 139. The second-order valence-electron chi connectivity index (χ2n) is 29.1. The fourth-order valence-electron chi connectivity index (χ4n) is 7.31. The van der Waals surface area contributed by atoms with Crippen molar-refractivity contribution in [3.05, 3.63) is 71.8 Å². The summed E-state index contributed by atoms with van der Waals surface area (Å²) in [7, 11) is 0. The van der Waals surface area contributed by atoms with E-state index in [1.807, 2.05) is 36.4 Å². The molecule has 0 radical (unpaired) electrons. The van der Waals surface area contributed by atoms with Gasteiger partial charge in [0, 0.05) is 50.6 Å². The minimum absolute atomic E-state index is 0.0146. The van der Waals surface area contributed by atoms with Gasteiger partial charge in [-0.05, 0) is 195 Å². The van der Waals surface area contributed by atoms with Gasteiger partial charge in [0.1, 0.15) is 64.4 Å². The number of carboxylic acids is 3. The van der Waals surface area contributed by atoms with Crippen LogP contribution in [0.25, 0.3) is 0 Å². The molecule has 28 nitrogen and oxygen atoms in total. The molecule has 0 fully saturated rings. The van der Waals surface area contributed by atoms with E-state index in [1.54, 1.807) is 138 Å². The summed E-state index contributed by atoms with van der Waals surface area (Å²) in [6, 6.07) is 13.9. The van der Waals surface area contributed by atoms with Crippen molar-refractivity contribution in [1.29, 1.82) is 0 Å². The molecule has 2 aromatic rings. The van der Waals surface area contributed by atoms with Crippen LogP contribution in [0.4, 0.5) is 9.59 Å². The number of carbonyl (C=O) groups excluding carboxylic acids is 9. The van der Waals surface area contributed by atoms with Crippen molar-refractivity contribution in [3.63, 3.8) is 0 Å². The van der Waals surface area contributed by atoms with Gasteiger partial charge in [-0.3, -0.25) is 38.4 Å². The first kappa shape index (κ1) is 94.8. The predicted molar refractivity (Wildman–Crippen MR) is 371 cm³/mol. The standard InChI is InChI=1S/C26H40N2O7.C19H34N2O7.C13H25NO4.C8H10.C5H9NO4/c1-18(13-15-21(29)33-17-19-11-9-8-10-12-19)27-24(32)28-20(23(31)35-26(5,6)7)14-16-22(30)34-25(2,3)4;1-12(8-10-14(22)23)20-17(26)21-13(16(25)28-19(5,6)7)9-11-15(24)27-18(2,3)4;1-12(2,3)17-10(15)8-7-9(14)11(16)18-13(4,5)6;1-2-8-6-4-3-5-7-8;6-3(5(9)10)1-2-4(7)8/h8-12,18,20H,13-17H2,1-7H3,(H2,27,28,32);12-13H,8-11H2,1-7H3,(H,22,23)(H2,20,21,26);9H,7-8,14H2,1-6H3;3-7H,2H2,1H3;3H,1-2,6H2,(H,7,8)(H,9,10)/t18-,20+;12-,13+;9-;;3-/m110.0/s1. The predicted octanol–water partition coefficient (Wildman–Crippen LogP) is 9.69. The van der Waals surface area contributed by atoms with Crippen molar-refractivity contribution in [2.45, 2.75) is 305 Å². The fraction of sp³-hybridized carbons (Fsp3) is 0.662. The molecule has 0 heterocycles. The van der Waals surface area contributed by atoms with E-state index in [2.05, 4.69) is 52.5 Å². The number of esters is 7. The van der Waals surface area contributed by atoms with E-state index in [1.165, 1.54) is 5.56 Å². The van der Waals surface area contributed by atoms with E-state index in [-0.39, 0.29) is 95.2 Å². The number of nitrogens with two attached hydrogens (primary N) is 2. The van der Waals surface area contributed by atoms with E-state index in [0.717, 1.165) is 12.0 Å². The molecule has 0 bridgehead atoms. The molecule has 564 valence electrons. The highest BCUT2D eigenvalue weighted by Gasteiger charge is 2.31. The zero-order valence-electron chi connectivity index (χ0n) is 62.4. The van der Waals surface area contributed by atoms with Crippen LogP contribution in [0.5, 0.6) is 0 Å². The Bertz CT molecular complexity index is 2790. The van der Waals surface area contributed by atoms with Gasteiger partial charge in [0.2, 0.25) is 0 Å². The number of carboxylic acid groups (broad SMARTS) is 3. The molecule has 0 aliphatic carbocycles. The van der Waals surface area contributed by atoms with Gasteiger partial charge < -0.3 is 81.2 Å². The zero-order valence-corrected chi connectivity index (χ0v) is 62.4. The number of hydrogen-bond donors (Lipinski definition) is 9. The first-order valence-electron chi connectivity index (χ1n) is 33.0. The molecule has 0 spiro atoms. The molecule has 0 saturated carbocycles. The molecular weight excluding hydrogens is 1290 g/mol. The van der Waals surface area contributed by atoms with E-state index in [9.17, 15) is 57.5 Å². The Morgan fingerprint density at radius 3 is 0.980 bits per heavy atom. The molecule has 99 heavy (non-hydrogen) atoms. The van der Waals surface area contributed by atoms with Crippen LogP contribution in [-0.4, -0.2) is 157 Å². The van der Waals surface area contributed by atoms with Crippen molar-refractivity contribution in [2.75, 3.05) is 0 Å². The first-order valence-corrected chi connectivity index (χ1v) is 33.0. The van der Waals surface area contributed by atoms with Gasteiger partial charge in [0.05, 0.1) is 0 Å². The summed E-state index contributed by atoms with van der Waals surface area (Å²) in [6.45, 7) is 37.1. The number of ether oxygens (including phenoxy) is 7. The van der Waals surface area contributed by atoms with Crippen LogP contribution >= 0.6 is 0 Å². The smallest absolute Gasteiger partial charge is 0.329 e. The lowest BCUT2D eigenvalue weighted by atomic mass is 10.1. The SMILES string of the molecule is CC(C)(C)OC(=O)CC[C@H](N)C(=O)OC(C)(C)C.CCc1ccccc1.C[C@H](CCC(=O)O)NC(=O)N[C@@H](CCC(=O)OC(C)(C)C)C(=O)OC(C)(C)C.C[C@H](CCC(=O)OCc1ccccc1)NC(=O)N[C@@H](CCC(=O)OC(C)(C)C)C(=O)OC(C)(C)C.N[C@@H](CCC(=O)O)C(=O)O. The van der Waals surface area contributed by atoms with Gasteiger partial charge >= 0.3 is 71.8 Å². The fourth-order valence-corrected chi connectivity index (χ4v) is 7.31. The van der Waals surface area contributed by atoms with Crippen molar-refractivity contribution < 1.29 is 106 Å². The number of carbonyl (C=O) groups is 12. The van der Waals surface area contributed by atoms with Crippen LogP contribution in [0.15, 0.2) is 60.7 Å². The van der Waals surface area contributed by atoms with Gasteiger partial charge in [-0.2, -0.15) is 0 Å². The quantitative estimate of drug-likeness (QED) is 0.0270. The van der Waals surface area contributed by atoms with Gasteiger partial charge in [0.15, 0.2) is 0 Å². The highest BCUT2D eigenvalue weighted by Crippen LogP contribution is 2.18. The third-order valence-corrected chi connectivity index (χ3v) is 11.7. The number of nitrogens with one attached hydrogen (secondary N) is 4. The molecule has 0 aliphatic rings. The number of amides is 4. The number of urea groups is 2. The minimum Gasteiger partial charge on any atom is -0.481 e. The molecule has 11 N–H and O–H groups in total. The monoisotopic (exact) mass is 1410 g/mol. The minimum atomic E-state index is -1.17. The summed E-state index contributed by atoms with van der Waals surface area (Å²) in [6.07, 6.45) is 1.80. The summed E-state index contributed by atoms with van der Waals surface area (Å²) in [5.74, 6) is -6.65. The average Bonchev–Trinajstić information content (AvgIpc) is 0.908. The summed E-state index contributed by atoms with van der Waals surface area (Å²) < 4.78 is 36.7. The molecule has 2 aromatic carbocycles. The average molecular weight is 1410 g/mol. The van der Waals surface area contributed by atoms with E-state index >= 15 is 0 Å². The van der Waals surface area contributed by atoms with Crippen LogP contribution in [-0.2, 0) is 94.1 Å². The second kappa shape index (κ2) is 46.8. The van der Waals surface area contributed by atoms with Crippen LogP contribution in [0.1, 0.15) is 234 Å². The highest BCUT2D eigenvalue weighted by atomic mass is 16.6. The normalized spacial score (nSPS) is 13.1. The van der Waals surface area contributed by atoms with Crippen molar-refractivity contribution in [3.8, 4) is 0 Å². The molecule has 2 rings (SSSR count). The third-order valence-electron chi connectivity index (χ3n) is 11.7. The van der Waals surface area contributed by atoms with E-state index in [0.29, 0.717) is 6.42 Å². The maximum absolute atomic E-state index is 12.6. The molecule has 6 atom stereocenters. The number of hydrogen-bond acceptors (Lipinski definition) is 21. The van der Waals surface area contributed by atoms with Gasteiger partial charge in [0.25, 0.3) is 0 Å². The maximum Gasteiger partial charge on any atom is 0.329 e. The molecule has 0 unspecified atom stereocenters. The number of aryl methyl sites for hydroxylation is 1. The molecule has 4 amide bonds. The van der Waals surface area contributed by atoms with Crippen LogP contribution < -0.4 is 32.7 Å². The Hall–Kier alpha value is -8.40. The van der Waals surface area contributed by atoms with Gasteiger partial charge in [-0.1, -0.05) is 67.6 Å². The van der Waals surface area contributed by atoms with Crippen LogP contribution in [0.3, 0.4) is 0 Å². The first-order chi connectivity index (χ1) is 45.1. The van der Waals surface area contributed by atoms with E-state index < -0.39 is 124 Å². The second-order valence-corrected chi connectivity index (χ2v) is 29.1. The van der Waals surface area contributed by atoms with Crippen molar-refractivity contribution in [1.82, 2.24) is 21.3 Å². The third kappa shape index (κ3) is 60.5. The van der Waals surface area contributed by atoms with E-state index in [4.69, 9.17) is 59.9 Å². The molecule has 0 saturated heterocycles. The Morgan fingerprint density at radius 1 is 0.374 bits per heavy atom. The number of aliphatic carboxylic acids is 3. The number of benzene rings is 2. The van der Waals surface area contributed by atoms with Crippen LogP contribution in [0.2, 0.25) is 0 Å². The topological polar surface area (TPSA) is 430 Å². The Kier molecular flexibility index (Phi) is 44.8. The zero-order chi connectivity index (χ0) is 77.3. The lowest BCUT2D eigenvalue weighted by molar-refractivity contribution is -0.160. The van der Waals surface area contributed by atoms with Gasteiger partial charge in [-0.25, -0.2) is 19.2 Å².